The van der Waals surface area contributed by atoms with E-state index in [1.165, 1.54) is 10.8 Å². The molecule has 0 nitrogen and oxygen atoms in total. The number of hydrogen-bond acceptors (Lipinski definition) is 0. The number of rotatable bonds is 0. The van der Waals surface area contributed by atoms with Crippen molar-refractivity contribution < 1.29 is 0 Å². The van der Waals surface area contributed by atoms with E-state index in [0.29, 0.717) is 0 Å². The largest absolute Gasteiger partial charge is 0.0605 e. The van der Waals surface area contributed by atoms with Gasteiger partial charge in [0.2, 0.25) is 0 Å². The van der Waals surface area contributed by atoms with Crippen LogP contribution in [0.15, 0.2) is 40.9 Å². The van der Waals surface area contributed by atoms with Crippen LogP contribution >= 0.6 is 15.9 Å². The van der Waals surface area contributed by atoms with E-state index in [-0.39, 0.29) is 0 Å². The van der Waals surface area contributed by atoms with Gasteiger partial charge in [-0.05, 0) is 29.3 Å². The van der Waals surface area contributed by atoms with E-state index < -0.39 is 0 Å². The summed E-state index contributed by atoms with van der Waals surface area (Å²) in [5.74, 6) is 0. The molecule has 0 heterocycles. The standard InChI is InChI=1S/C11H8Br/c1-8-5-6-10-9(7-8)3-2-4-11(10)12/h2-7H,1H2. The molecule has 0 bridgehead atoms. The van der Waals surface area contributed by atoms with Crippen LogP contribution < -0.4 is 0 Å². The number of hydrogen-bond donors (Lipinski definition) is 0. The molecule has 0 saturated carbocycles. The molecule has 2 rings (SSSR count). The fraction of sp³-hybridized carbons (Fsp3) is 0. The molecular formula is C11H8Br. The molecule has 0 unspecified atom stereocenters. The summed E-state index contributed by atoms with van der Waals surface area (Å²) in [4.78, 5) is 0. The molecule has 1 heteroatoms. The third-order valence-electron chi connectivity index (χ3n) is 1.89. The highest BCUT2D eigenvalue weighted by Gasteiger charge is 1.96. The van der Waals surface area contributed by atoms with Crippen LogP contribution in [0, 0.1) is 6.92 Å². The van der Waals surface area contributed by atoms with Crippen LogP contribution in [0.1, 0.15) is 5.56 Å². The summed E-state index contributed by atoms with van der Waals surface area (Å²) in [6.45, 7) is 3.89. The smallest absolute Gasteiger partial charge is 0.0253 e. The van der Waals surface area contributed by atoms with Crippen LogP contribution in [0.3, 0.4) is 0 Å². The minimum atomic E-state index is 1.06. The Balaban J connectivity index is 2.86. The second-order valence-corrected chi connectivity index (χ2v) is 3.65. The molecule has 0 aliphatic heterocycles. The zero-order valence-corrected chi connectivity index (χ0v) is 8.14. The third kappa shape index (κ3) is 1.25. The van der Waals surface area contributed by atoms with E-state index in [1.807, 2.05) is 18.2 Å². The minimum Gasteiger partial charge on any atom is -0.0605 e. The molecule has 0 spiro atoms. The monoisotopic (exact) mass is 219 g/mol. The summed E-state index contributed by atoms with van der Waals surface area (Å²) in [7, 11) is 0. The Morgan fingerprint density at radius 1 is 1.08 bits per heavy atom. The van der Waals surface area contributed by atoms with Gasteiger partial charge in [-0.1, -0.05) is 46.3 Å². The first-order valence-electron chi connectivity index (χ1n) is 3.77. The lowest BCUT2D eigenvalue weighted by Crippen LogP contribution is -1.75. The van der Waals surface area contributed by atoms with Crippen molar-refractivity contribution in [3.8, 4) is 0 Å². The SMILES string of the molecule is [CH2]c1ccc2c(Br)cccc2c1. The van der Waals surface area contributed by atoms with Gasteiger partial charge in [0.15, 0.2) is 0 Å². The molecule has 12 heavy (non-hydrogen) atoms. The summed E-state index contributed by atoms with van der Waals surface area (Å²) in [6, 6.07) is 12.4. The Morgan fingerprint density at radius 3 is 2.75 bits per heavy atom. The van der Waals surface area contributed by atoms with E-state index in [2.05, 4.69) is 41.1 Å². The molecule has 2 aromatic rings. The van der Waals surface area contributed by atoms with Crippen molar-refractivity contribution in [1.82, 2.24) is 0 Å². The summed E-state index contributed by atoms with van der Waals surface area (Å²) < 4.78 is 1.14. The summed E-state index contributed by atoms with van der Waals surface area (Å²) in [6.07, 6.45) is 0. The van der Waals surface area contributed by atoms with E-state index in [4.69, 9.17) is 0 Å². The van der Waals surface area contributed by atoms with Gasteiger partial charge < -0.3 is 0 Å². The maximum Gasteiger partial charge on any atom is 0.0253 e. The highest BCUT2D eigenvalue weighted by Crippen LogP contribution is 2.24. The Morgan fingerprint density at radius 2 is 1.92 bits per heavy atom. The van der Waals surface area contributed by atoms with Crippen molar-refractivity contribution in [3.63, 3.8) is 0 Å². The lowest BCUT2D eigenvalue weighted by molar-refractivity contribution is 1.65. The Bertz CT molecular complexity index is 418. The summed E-state index contributed by atoms with van der Waals surface area (Å²) in [5.41, 5.74) is 1.06. The molecule has 0 fully saturated rings. The van der Waals surface area contributed by atoms with Gasteiger partial charge in [0, 0.05) is 4.47 Å². The normalized spacial score (nSPS) is 10.5. The van der Waals surface area contributed by atoms with E-state index in [1.54, 1.807) is 0 Å². The molecule has 0 N–H and O–H groups in total. The van der Waals surface area contributed by atoms with Gasteiger partial charge in [0.25, 0.3) is 0 Å². The van der Waals surface area contributed by atoms with Crippen molar-refractivity contribution in [1.29, 1.82) is 0 Å². The number of benzene rings is 2. The zero-order valence-electron chi connectivity index (χ0n) is 6.55. The molecule has 0 amide bonds. The molecule has 0 saturated heterocycles. The van der Waals surface area contributed by atoms with Gasteiger partial charge >= 0.3 is 0 Å². The van der Waals surface area contributed by atoms with Crippen LogP contribution in [0.2, 0.25) is 0 Å². The topological polar surface area (TPSA) is 0 Å². The Kier molecular flexibility index (Phi) is 1.89. The molecule has 1 radical (unpaired) electrons. The fourth-order valence-corrected chi connectivity index (χ4v) is 1.81. The Labute approximate surface area is 80.3 Å². The second-order valence-electron chi connectivity index (χ2n) is 2.80. The first-order valence-corrected chi connectivity index (χ1v) is 4.57. The zero-order chi connectivity index (χ0) is 8.55. The van der Waals surface area contributed by atoms with Crippen molar-refractivity contribution in [2.45, 2.75) is 0 Å². The highest BCUT2D eigenvalue weighted by atomic mass is 79.9. The van der Waals surface area contributed by atoms with Crippen molar-refractivity contribution in [2.24, 2.45) is 0 Å². The molecule has 2 aromatic carbocycles. The predicted molar refractivity (Wildman–Crippen MR) is 56.1 cm³/mol. The lowest BCUT2D eigenvalue weighted by atomic mass is 10.1. The van der Waals surface area contributed by atoms with Crippen molar-refractivity contribution in [3.05, 3.63) is 53.4 Å². The van der Waals surface area contributed by atoms with E-state index in [9.17, 15) is 0 Å². The van der Waals surface area contributed by atoms with Gasteiger partial charge in [-0.2, -0.15) is 0 Å². The third-order valence-corrected chi connectivity index (χ3v) is 2.58. The maximum atomic E-state index is 3.89. The molecule has 0 aliphatic carbocycles. The van der Waals surface area contributed by atoms with Gasteiger partial charge in [-0.15, -0.1) is 0 Å². The van der Waals surface area contributed by atoms with Crippen molar-refractivity contribution in [2.75, 3.05) is 0 Å². The Hall–Kier alpha value is -0.820. The van der Waals surface area contributed by atoms with Crippen LogP contribution in [0.25, 0.3) is 10.8 Å². The molecular weight excluding hydrogens is 212 g/mol. The van der Waals surface area contributed by atoms with Crippen LogP contribution in [-0.2, 0) is 0 Å². The van der Waals surface area contributed by atoms with E-state index >= 15 is 0 Å². The average molecular weight is 220 g/mol. The number of halogens is 1. The average Bonchev–Trinajstić information content (AvgIpc) is 2.04. The van der Waals surface area contributed by atoms with Gasteiger partial charge in [-0.3, -0.25) is 0 Å². The van der Waals surface area contributed by atoms with Crippen LogP contribution in [-0.4, -0.2) is 0 Å². The van der Waals surface area contributed by atoms with Crippen LogP contribution in [0.4, 0.5) is 0 Å². The minimum absolute atomic E-state index is 1.06. The predicted octanol–water partition coefficient (Wildman–Crippen LogP) is 3.78. The first-order chi connectivity index (χ1) is 5.77. The van der Waals surface area contributed by atoms with E-state index in [0.717, 1.165) is 10.0 Å². The maximum absolute atomic E-state index is 3.89. The summed E-state index contributed by atoms with van der Waals surface area (Å²) in [5, 5.41) is 2.47. The van der Waals surface area contributed by atoms with Crippen molar-refractivity contribution >= 4 is 26.7 Å². The van der Waals surface area contributed by atoms with Crippen LogP contribution in [0.5, 0.6) is 0 Å². The van der Waals surface area contributed by atoms with Gasteiger partial charge in [-0.25, -0.2) is 0 Å². The molecule has 0 atom stereocenters. The van der Waals surface area contributed by atoms with Gasteiger partial charge in [0.1, 0.15) is 0 Å². The second kappa shape index (κ2) is 2.91. The summed E-state index contributed by atoms with van der Waals surface area (Å²) >= 11 is 3.50. The molecule has 0 aliphatic rings. The lowest BCUT2D eigenvalue weighted by Gasteiger charge is -2.00. The first kappa shape index (κ1) is 7.81. The highest BCUT2D eigenvalue weighted by molar-refractivity contribution is 9.10. The fourth-order valence-electron chi connectivity index (χ4n) is 1.29. The molecule has 59 valence electrons. The van der Waals surface area contributed by atoms with Gasteiger partial charge in [0.05, 0.1) is 0 Å². The molecule has 0 aromatic heterocycles. The quantitative estimate of drug-likeness (QED) is 0.633. The number of fused-ring (bicyclic) bond motifs is 1.